The van der Waals surface area contributed by atoms with Crippen molar-refractivity contribution >= 4 is 17.3 Å². The van der Waals surface area contributed by atoms with E-state index < -0.39 is 12.3 Å². The number of aryl methyl sites for hydroxylation is 2. The molecule has 1 aromatic carbocycles. The van der Waals surface area contributed by atoms with Gasteiger partial charge in [0.05, 0.1) is 6.61 Å². The Morgan fingerprint density at radius 3 is 2.30 bits per heavy atom. The van der Waals surface area contributed by atoms with Crippen LogP contribution in [0.3, 0.4) is 0 Å². The minimum atomic E-state index is -4.33. The number of benzene rings is 1. The molecule has 1 aromatic rings. The quantitative estimate of drug-likeness (QED) is 0.809. The number of hydrogen-bond donors (Lipinski definition) is 1. The maximum absolute atomic E-state index is 12.9. The molecule has 1 amide bonds. The molecule has 1 aliphatic heterocycles. The summed E-state index contributed by atoms with van der Waals surface area (Å²) in [4.78, 5) is 14.2. The first kappa shape index (κ1) is 21.5. The number of rotatable bonds is 3. The van der Waals surface area contributed by atoms with E-state index in [1.165, 1.54) is 0 Å². The summed E-state index contributed by atoms with van der Waals surface area (Å²) in [6, 6.07) is 3.82. The predicted molar refractivity (Wildman–Crippen MR) is 101 cm³/mol. The van der Waals surface area contributed by atoms with Gasteiger partial charge in [0.2, 0.25) is 5.91 Å². The lowest BCUT2D eigenvalue weighted by molar-refractivity contribution is -0.218. The largest absolute Gasteiger partial charge is 0.414 e. The van der Waals surface area contributed by atoms with Crippen molar-refractivity contribution in [3.63, 3.8) is 0 Å². The van der Waals surface area contributed by atoms with Crippen molar-refractivity contribution in [1.82, 2.24) is 0 Å². The molecule has 0 aliphatic carbocycles. The molecule has 0 radical (unpaired) electrons. The minimum Gasteiger partial charge on any atom is -0.369 e. The van der Waals surface area contributed by atoms with Crippen molar-refractivity contribution in [3.8, 4) is 0 Å². The van der Waals surface area contributed by atoms with Crippen molar-refractivity contribution in [2.45, 2.75) is 59.7 Å². The first-order chi connectivity index (χ1) is 12.4. The number of alkyl halides is 3. The fraction of sp³-hybridized carbons (Fsp3) is 0.650. The molecule has 0 aromatic heterocycles. The number of carbonyl (C=O) groups excluding carboxylic acids is 1. The van der Waals surface area contributed by atoms with Crippen molar-refractivity contribution in [2.75, 3.05) is 29.9 Å². The Kier molecular flexibility index (Phi) is 6.45. The van der Waals surface area contributed by atoms with Crippen LogP contribution in [0, 0.1) is 19.3 Å². The van der Waals surface area contributed by atoms with Crippen molar-refractivity contribution < 1.29 is 22.7 Å². The van der Waals surface area contributed by atoms with Gasteiger partial charge in [-0.25, -0.2) is 0 Å². The zero-order valence-corrected chi connectivity index (χ0v) is 16.7. The Morgan fingerprint density at radius 1 is 1.19 bits per heavy atom. The molecule has 0 unspecified atom stereocenters. The summed E-state index contributed by atoms with van der Waals surface area (Å²) in [6.45, 7) is 10.5. The highest BCUT2D eigenvalue weighted by molar-refractivity contribution is 5.93. The normalized spacial score (nSPS) is 19.0. The predicted octanol–water partition coefficient (Wildman–Crippen LogP) is 4.84. The van der Waals surface area contributed by atoms with Crippen molar-refractivity contribution in [3.05, 3.63) is 23.3 Å². The van der Waals surface area contributed by atoms with Crippen LogP contribution in [0.5, 0.6) is 0 Å². The van der Waals surface area contributed by atoms with E-state index in [4.69, 9.17) is 4.74 Å². The van der Waals surface area contributed by atoms with Crippen LogP contribution in [0.1, 0.15) is 44.7 Å². The van der Waals surface area contributed by atoms with Crippen LogP contribution in [0.25, 0.3) is 0 Å². The van der Waals surface area contributed by atoms with Gasteiger partial charge >= 0.3 is 6.18 Å². The SMILES string of the molecule is Cc1cc(N2CCO[C@H](C(F)(F)F)CC2)cc(C)c1NC(=O)CC(C)(C)C. The van der Waals surface area contributed by atoms with Gasteiger partial charge in [-0.1, -0.05) is 20.8 Å². The Labute approximate surface area is 159 Å². The van der Waals surface area contributed by atoms with Crippen LogP contribution in [0.15, 0.2) is 12.1 Å². The van der Waals surface area contributed by atoms with Gasteiger partial charge in [0, 0.05) is 30.9 Å². The summed E-state index contributed by atoms with van der Waals surface area (Å²) in [6.07, 6.45) is -5.72. The van der Waals surface area contributed by atoms with Gasteiger partial charge in [-0.05, 0) is 48.9 Å². The number of carbonyl (C=O) groups is 1. The number of nitrogens with zero attached hydrogens (tertiary/aromatic N) is 1. The maximum Gasteiger partial charge on any atom is 0.414 e. The first-order valence-electron chi connectivity index (χ1n) is 9.21. The molecule has 0 bridgehead atoms. The second kappa shape index (κ2) is 8.09. The number of halogens is 3. The van der Waals surface area contributed by atoms with Crippen LogP contribution in [0.4, 0.5) is 24.5 Å². The minimum absolute atomic E-state index is 0.0341. The second-order valence-electron chi connectivity index (χ2n) is 8.42. The maximum atomic E-state index is 12.9. The third-order valence-electron chi connectivity index (χ3n) is 4.54. The third kappa shape index (κ3) is 6.13. The molecule has 1 N–H and O–H groups in total. The zero-order chi connectivity index (χ0) is 20.4. The van der Waals surface area contributed by atoms with Gasteiger partial charge in [0.15, 0.2) is 6.10 Å². The molecule has 1 saturated heterocycles. The van der Waals surface area contributed by atoms with Crippen LogP contribution < -0.4 is 10.2 Å². The average Bonchev–Trinajstić information content (AvgIpc) is 2.74. The number of amides is 1. The number of hydrogen-bond acceptors (Lipinski definition) is 3. The molecule has 152 valence electrons. The molecular weight excluding hydrogens is 357 g/mol. The highest BCUT2D eigenvalue weighted by Gasteiger charge is 2.41. The standard InChI is InChI=1S/C20H29F3N2O2/c1-13-10-15(25-7-6-16(20(21,22)23)27-9-8-25)11-14(2)18(13)24-17(26)12-19(3,4)5/h10-11,16H,6-9,12H2,1-5H3,(H,24,26)/t16-/m0/s1. The van der Waals surface area contributed by atoms with E-state index in [0.717, 1.165) is 22.5 Å². The van der Waals surface area contributed by atoms with Crippen LogP contribution in [0.2, 0.25) is 0 Å². The van der Waals surface area contributed by atoms with E-state index in [9.17, 15) is 18.0 Å². The van der Waals surface area contributed by atoms with Gasteiger partial charge in [0.25, 0.3) is 0 Å². The summed E-state index contributed by atoms with van der Waals surface area (Å²) in [7, 11) is 0. The van der Waals surface area contributed by atoms with Gasteiger partial charge < -0.3 is 15.0 Å². The molecule has 7 heteroatoms. The summed E-state index contributed by atoms with van der Waals surface area (Å²) in [5, 5.41) is 2.97. The summed E-state index contributed by atoms with van der Waals surface area (Å²) in [5.74, 6) is -0.0439. The van der Waals surface area contributed by atoms with E-state index in [0.29, 0.717) is 13.0 Å². The molecule has 2 rings (SSSR count). The Hall–Kier alpha value is -1.76. The number of nitrogens with one attached hydrogen (secondary N) is 1. The monoisotopic (exact) mass is 386 g/mol. The highest BCUT2D eigenvalue weighted by Crippen LogP contribution is 2.31. The lowest BCUT2D eigenvalue weighted by Crippen LogP contribution is -2.32. The fourth-order valence-electron chi connectivity index (χ4n) is 3.28. The van der Waals surface area contributed by atoms with Crippen molar-refractivity contribution in [2.24, 2.45) is 5.41 Å². The van der Waals surface area contributed by atoms with Crippen LogP contribution >= 0.6 is 0 Å². The smallest absolute Gasteiger partial charge is 0.369 e. The lowest BCUT2D eigenvalue weighted by atomic mass is 9.92. The second-order valence-corrected chi connectivity index (χ2v) is 8.42. The molecule has 27 heavy (non-hydrogen) atoms. The topological polar surface area (TPSA) is 41.6 Å². The van der Waals surface area contributed by atoms with E-state index in [1.54, 1.807) is 0 Å². The van der Waals surface area contributed by atoms with Gasteiger partial charge in [-0.2, -0.15) is 13.2 Å². The number of ether oxygens (including phenoxy) is 1. The summed E-state index contributed by atoms with van der Waals surface area (Å²) < 4.78 is 43.6. The summed E-state index contributed by atoms with van der Waals surface area (Å²) >= 11 is 0. The molecule has 1 atom stereocenters. The molecule has 0 spiro atoms. The molecule has 1 fully saturated rings. The number of anilines is 2. The molecule has 4 nitrogen and oxygen atoms in total. The van der Waals surface area contributed by atoms with Crippen LogP contribution in [-0.4, -0.2) is 37.9 Å². The molecule has 1 aliphatic rings. The lowest BCUT2D eigenvalue weighted by Gasteiger charge is -2.25. The van der Waals surface area contributed by atoms with E-state index in [-0.39, 0.29) is 30.9 Å². The zero-order valence-electron chi connectivity index (χ0n) is 16.7. The molecular formula is C20H29F3N2O2. The van der Waals surface area contributed by atoms with Crippen molar-refractivity contribution in [1.29, 1.82) is 0 Å². The fourth-order valence-corrected chi connectivity index (χ4v) is 3.28. The van der Waals surface area contributed by atoms with Crippen LogP contribution in [-0.2, 0) is 9.53 Å². The van der Waals surface area contributed by atoms with Gasteiger partial charge in [-0.15, -0.1) is 0 Å². The molecule has 1 heterocycles. The highest BCUT2D eigenvalue weighted by atomic mass is 19.4. The Balaban J connectivity index is 2.13. The Bertz CT molecular complexity index is 658. The van der Waals surface area contributed by atoms with E-state index in [1.807, 2.05) is 51.7 Å². The van der Waals surface area contributed by atoms with E-state index in [2.05, 4.69) is 5.32 Å². The summed E-state index contributed by atoms with van der Waals surface area (Å²) in [5.41, 5.74) is 3.31. The molecule has 0 saturated carbocycles. The first-order valence-corrected chi connectivity index (χ1v) is 9.21. The van der Waals surface area contributed by atoms with Gasteiger partial charge in [0.1, 0.15) is 0 Å². The third-order valence-corrected chi connectivity index (χ3v) is 4.54. The van der Waals surface area contributed by atoms with E-state index >= 15 is 0 Å². The Morgan fingerprint density at radius 2 is 1.78 bits per heavy atom. The average molecular weight is 386 g/mol. The van der Waals surface area contributed by atoms with Gasteiger partial charge in [-0.3, -0.25) is 4.79 Å².